The van der Waals surface area contributed by atoms with E-state index in [1.807, 2.05) is 6.92 Å². The zero-order valence-corrected chi connectivity index (χ0v) is 17.5. The normalized spacial score (nSPS) is 17.9. The zero-order valence-electron chi connectivity index (χ0n) is 17.5. The molecule has 164 valence electrons. The molecule has 1 aliphatic rings. The second kappa shape index (κ2) is 8.46. The first-order valence-corrected chi connectivity index (χ1v) is 9.92. The van der Waals surface area contributed by atoms with Gasteiger partial charge in [0, 0.05) is 0 Å². The summed E-state index contributed by atoms with van der Waals surface area (Å²) in [6.07, 6.45) is 1.45. The van der Waals surface area contributed by atoms with Gasteiger partial charge in [-0.15, -0.1) is 5.10 Å². The van der Waals surface area contributed by atoms with Crippen molar-refractivity contribution in [1.82, 2.24) is 30.4 Å². The molecular weight excluding hydrogens is 414 g/mol. The van der Waals surface area contributed by atoms with Crippen LogP contribution >= 0.6 is 0 Å². The molecule has 1 aromatic heterocycles. The molecule has 1 fully saturated rings. The minimum atomic E-state index is -1.31. The molecule has 0 aliphatic carbocycles. The molecule has 3 aromatic rings. The van der Waals surface area contributed by atoms with Crippen molar-refractivity contribution in [2.24, 2.45) is 0 Å². The molecule has 1 atom stereocenters. The lowest BCUT2D eigenvalue weighted by Crippen LogP contribution is -2.42. The first-order chi connectivity index (χ1) is 15.4. The summed E-state index contributed by atoms with van der Waals surface area (Å²) in [5.41, 5.74) is 0.424. The van der Waals surface area contributed by atoms with Crippen LogP contribution < -0.4 is 15.4 Å². The number of benzene rings is 2. The average molecular weight is 435 g/mol. The Kier molecular flexibility index (Phi) is 5.54. The minimum Gasteiger partial charge on any atom is -0.492 e. The number of hydrogen-bond donors (Lipinski definition) is 2. The van der Waals surface area contributed by atoms with Crippen LogP contribution in [0.15, 0.2) is 54.9 Å². The summed E-state index contributed by atoms with van der Waals surface area (Å²) in [7, 11) is 0. The number of nitrogens with one attached hydrogen (secondary N) is 2. The van der Waals surface area contributed by atoms with Crippen LogP contribution in [-0.4, -0.2) is 56.1 Å². The number of aromatic nitrogens is 4. The van der Waals surface area contributed by atoms with Gasteiger partial charge in [0.05, 0.1) is 18.0 Å². The van der Waals surface area contributed by atoms with E-state index in [2.05, 4.69) is 26.2 Å². The lowest BCUT2D eigenvalue weighted by molar-refractivity contribution is -0.133. The average Bonchev–Trinajstić information content (AvgIpc) is 3.40. The molecule has 11 heteroatoms. The highest BCUT2D eigenvalue weighted by Gasteiger charge is 2.49. The number of imide groups is 1. The van der Waals surface area contributed by atoms with Crippen LogP contribution in [0.3, 0.4) is 0 Å². The number of amides is 4. The maximum absolute atomic E-state index is 13.1. The molecule has 4 amide bonds. The molecule has 0 saturated carbocycles. The lowest BCUT2D eigenvalue weighted by atomic mass is 9.92. The highest BCUT2D eigenvalue weighted by Crippen LogP contribution is 2.30. The van der Waals surface area contributed by atoms with Crippen LogP contribution in [0.1, 0.15) is 19.4 Å². The van der Waals surface area contributed by atoms with E-state index < -0.39 is 29.9 Å². The molecular formula is C21H21N7O4. The van der Waals surface area contributed by atoms with Crippen molar-refractivity contribution >= 4 is 23.5 Å². The first kappa shape index (κ1) is 21.0. The van der Waals surface area contributed by atoms with Gasteiger partial charge in [0.15, 0.2) is 0 Å². The number of anilines is 1. The van der Waals surface area contributed by atoms with Gasteiger partial charge in [0.2, 0.25) is 5.91 Å². The third kappa shape index (κ3) is 3.87. The molecule has 11 nitrogen and oxygen atoms in total. The molecule has 1 saturated heterocycles. The molecule has 0 spiro atoms. The fourth-order valence-corrected chi connectivity index (χ4v) is 3.45. The van der Waals surface area contributed by atoms with Crippen molar-refractivity contribution in [2.45, 2.75) is 19.4 Å². The predicted octanol–water partition coefficient (Wildman–Crippen LogP) is 1.47. The SMILES string of the molecule is CCOc1ccccc1NC(=O)CN1C(=O)NC(C)(c2ccc(-n3cnnn3)cc2)C1=O. The fraction of sp³-hybridized carbons (Fsp3) is 0.238. The molecule has 2 heterocycles. The molecule has 2 N–H and O–H groups in total. The van der Waals surface area contributed by atoms with Crippen LogP contribution in [0.5, 0.6) is 5.75 Å². The van der Waals surface area contributed by atoms with Crippen LogP contribution in [0, 0.1) is 0 Å². The van der Waals surface area contributed by atoms with Crippen LogP contribution in [0.2, 0.25) is 0 Å². The van der Waals surface area contributed by atoms with Gasteiger partial charge in [-0.3, -0.25) is 14.5 Å². The van der Waals surface area contributed by atoms with E-state index in [-0.39, 0.29) is 0 Å². The molecule has 1 aliphatic heterocycles. The predicted molar refractivity (Wildman–Crippen MR) is 113 cm³/mol. The number of carbonyl (C=O) groups is 3. The van der Waals surface area contributed by atoms with E-state index in [1.54, 1.807) is 55.5 Å². The Labute approximate surface area is 183 Å². The van der Waals surface area contributed by atoms with Crippen LogP contribution in [0.25, 0.3) is 5.69 Å². The first-order valence-electron chi connectivity index (χ1n) is 9.92. The molecule has 2 aromatic carbocycles. The number of nitrogens with zero attached hydrogens (tertiary/aromatic N) is 5. The Morgan fingerprint density at radius 3 is 2.59 bits per heavy atom. The van der Waals surface area contributed by atoms with Crippen LogP contribution in [-0.2, 0) is 15.1 Å². The minimum absolute atomic E-state index is 0.427. The number of tetrazole rings is 1. The van der Waals surface area contributed by atoms with Gasteiger partial charge in [-0.1, -0.05) is 24.3 Å². The van der Waals surface area contributed by atoms with E-state index in [0.29, 0.717) is 29.3 Å². The Bertz CT molecular complexity index is 1150. The van der Waals surface area contributed by atoms with Gasteiger partial charge < -0.3 is 15.4 Å². The lowest BCUT2D eigenvalue weighted by Gasteiger charge is -2.22. The van der Waals surface area contributed by atoms with Gasteiger partial charge in [-0.2, -0.15) is 0 Å². The number of rotatable bonds is 7. The third-order valence-electron chi connectivity index (χ3n) is 5.10. The topological polar surface area (TPSA) is 131 Å². The van der Waals surface area contributed by atoms with E-state index in [9.17, 15) is 14.4 Å². The summed E-state index contributed by atoms with van der Waals surface area (Å²) in [6, 6.07) is 13.2. The summed E-state index contributed by atoms with van der Waals surface area (Å²) in [6.45, 7) is 3.44. The van der Waals surface area contributed by atoms with Gasteiger partial charge in [-0.05, 0) is 54.1 Å². The Balaban J connectivity index is 1.48. The largest absolute Gasteiger partial charge is 0.492 e. The van der Waals surface area contributed by atoms with Gasteiger partial charge in [-0.25, -0.2) is 9.48 Å². The van der Waals surface area contributed by atoms with Crippen molar-refractivity contribution < 1.29 is 19.1 Å². The highest BCUT2D eigenvalue weighted by molar-refractivity contribution is 6.10. The van der Waals surface area contributed by atoms with E-state index in [0.717, 1.165) is 4.90 Å². The maximum atomic E-state index is 13.1. The summed E-state index contributed by atoms with van der Waals surface area (Å²) < 4.78 is 6.96. The zero-order chi connectivity index (χ0) is 22.7. The quantitative estimate of drug-likeness (QED) is 0.537. The number of urea groups is 1. The van der Waals surface area contributed by atoms with E-state index in [4.69, 9.17) is 4.74 Å². The second-order valence-corrected chi connectivity index (χ2v) is 7.23. The molecule has 0 radical (unpaired) electrons. The molecule has 32 heavy (non-hydrogen) atoms. The summed E-state index contributed by atoms with van der Waals surface area (Å²) in [4.78, 5) is 39.1. The number of para-hydroxylation sites is 2. The van der Waals surface area contributed by atoms with Gasteiger partial charge in [0.25, 0.3) is 5.91 Å². The summed E-state index contributed by atoms with van der Waals surface area (Å²) in [5.74, 6) is -0.530. The standard InChI is InChI=1S/C21H21N7O4/c1-3-32-17-7-5-4-6-16(17)23-18(29)12-27-19(30)21(2,24-20(27)31)14-8-10-15(11-9-14)28-13-22-25-26-28/h4-11,13H,3,12H2,1-2H3,(H,23,29)(H,24,31). The monoisotopic (exact) mass is 435 g/mol. The van der Waals surface area contributed by atoms with Crippen LogP contribution in [0.4, 0.5) is 10.5 Å². The summed E-state index contributed by atoms with van der Waals surface area (Å²) >= 11 is 0. The van der Waals surface area contributed by atoms with Gasteiger partial charge >= 0.3 is 6.03 Å². The molecule has 4 rings (SSSR count). The van der Waals surface area contributed by atoms with Crippen molar-refractivity contribution in [3.8, 4) is 11.4 Å². The van der Waals surface area contributed by atoms with Crippen molar-refractivity contribution in [2.75, 3.05) is 18.5 Å². The van der Waals surface area contributed by atoms with Gasteiger partial charge in [0.1, 0.15) is 24.2 Å². The van der Waals surface area contributed by atoms with E-state index in [1.165, 1.54) is 11.0 Å². The highest BCUT2D eigenvalue weighted by atomic mass is 16.5. The fourth-order valence-electron chi connectivity index (χ4n) is 3.45. The molecule has 1 unspecified atom stereocenters. The molecule has 0 bridgehead atoms. The smallest absolute Gasteiger partial charge is 0.325 e. The Morgan fingerprint density at radius 2 is 1.91 bits per heavy atom. The van der Waals surface area contributed by atoms with Crippen molar-refractivity contribution in [3.05, 3.63) is 60.4 Å². The number of hydrogen-bond acceptors (Lipinski definition) is 7. The number of ether oxygens (including phenoxy) is 1. The third-order valence-corrected chi connectivity index (χ3v) is 5.10. The summed E-state index contributed by atoms with van der Waals surface area (Å²) in [5, 5.41) is 16.4. The maximum Gasteiger partial charge on any atom is 0.325 e. The van der Waals surface area contributed by atoms with Crippen molar-refractivity contribution in [1.29, 1.82) is 0 Å². The Morgan fingerprint density at radius 1 is 1.16 bits per heavy atom. The Hall–Kier alpha value is -4.28. The van der Waals surface area contributed by atoms with E-state index >= 15 is 0 Å². The second-order valence-electron chi connectivity index (χ2n) is 7.23. The van der Waals surface area contributed by atoms with Crippen molar-refractivity contribution in [3.63, 3.8) is 0 Å². The number of carbonyl (C=O) groups excluding carboxylic acids is 3.